The van der Waals surface area contributed by atoms with Gasteiger partial charge in [0, 0.05) is 14.4 Å². The Labute approximate surface area is 125 Å². The minimum atomic E-state index is -0.207. The van der Waals surface area contributed by atoms with Crippen molar-refractivity contribution in [2.24, 2.45) is 0 Å². The first-order valence-corrected chi connectivity index (χ1v) is 7.64. The second-order valence-electron chi connectivity index (χ2n) is 3.15. The van der Waals surface area contributed by atoms with E-state index in [1.807, 2.05) is 30.3 Å². The zero-order valence-electron chi connectivity index (χ0n) is 7.88. The molecule has 84 valence electrons. The van der Waals surface area contributed by atoms with Gasteiger partial charge in [-0.05, 0) is 49.6 Å². The van der Waals surface area contributed by atoms with E-state index in [2.05, 4.69) is 31.9 Å². The van der Waals surface area contributed by atoms with Gasteiger partial charge in [-0.2, -0.15) is 0 Å². The molecule has 5 heteroatoms. The summed E-state index contributed by atoms with van der Waals surface area (Å²) >= 11 is 21.0. The van der Waals surface area contributed by atoms with Gasteiger partial charge in [-0.1, -0.05) is 29.8 Å². The monoisotopic (exact) mass is 398 g/mol. The Morgan fingerprint density at radius 3 is 2.44 bits per heavy atom. The van der Waals surface area contributed by atoms with Crippen LogP contribution in [-0.4, -0.2) is 0 Å². The molecule has 1 aromatic heterocycles. The lowest BCUT2D eigenvalue weighted by Crippen LogP contribution is -1.90. The van der Waals surface area contributed by atoms with Crippen molar-refractivity contribution in [2.45, 2.75) is 5.38 Å². The number of halogens is 4. The Kier molecular flexibility index (Phi) is 4.36. The fourth-order valence-corrected chi connectivity index (χ4v) is 4.10. The molecule has 2 aromatic rings. The van der Waals surface area contributed by atoms with Gasteiger partial charge in [0.05, 0.1) is 9.16 Å². The molecule has 0 fully saturated rings. The summed E-state index contributed by atoms with van der Waals surface area (Å²) < 4.78 is 2.06. The van der Waals surface area contributed by atoms with Gasteiger partial charge in [0.15, 0.2) is 0 Å². The third-order valence-electron chi connectivity index (χ3n) is 2.09. The van der Waals surface area contributed by atoms with Gasteiger partial charge in [0.25, 0.3) is 0 Å². The van der Waals surface area contributed by atoms with Crippen LogP contribution in [0.15, 0.2) is 38.6 Å². The van der Waals surface area contributed by atoms with Gasteiger partial charge in [0.2, 0.25) is 0 Å². The maximum atomic E-state index is 6.41. The molecule has 0 nitrogen and oxygen atoms in total. The van der Waals surface area contributed by atoms with Gasteiger partial charge < -0.3 is 0 Å². The second-order valence-corrected chi connectivity index (χ2v) is 7.25. The number of rotatable bonds is 2. The zero-order chi connectivity index (χ0) is 11.7. The summed E-state index contributed by atoms with van der Waals surface area (Å²) in [5.41, 5.74) is 0.937. The lowest BCUT2D eigenvalue weighted by molar-refractivity contribution is 1.18. The van der Waals surface area contributed by atoms with E-state index < -0.39 is 0 Å². The van der Waals surface area contributed by atoms with E-state index >= 15 is 0 Å². The molecule has 1 unspecified atom stereocenters. The molecule has 0 saturated heterocycles. The smallest absolute Gasteiger partial charge is 0.0942 e. The second kappa shape index (κ2) is 5.40. The van der Waals surface area contributed by atoms with Crippen molar-refractivity contribution >= 4 is 66.4 Å². The first kappa shape index (κ1) is 12.9. The average molecular weight is 401 g/mol. The highest BCUT2D eigenvalue weighted by Gasteiger charge is 2.17. The highest BCUT2D eigenvalue weighted by atomic mass is 79.9. The average Bonchev–Trinajstić information content (AvgIpc) is 2.59. The topological polar surface area (TPSA) is 0 Å². The van der Waals surface area contributed by atoms with Crippen molar-refractivity contribution in [1.29, 1.82) is 0 Å². The highest BCUT2D eigenvalue weighted by molar-refractivity contribution is 9.13. The normalized spacial score (nSPS) is 12.8. The SMILES string of the molecule is Clc1ccccc1C(Cl)c1cc(Br)c(Br)s1. The molecule has 2 rings (SSSR count). The van der Waals surface area contributed by atoms with Gasteiger partial charge in [-0.3, -0.25) is 0 Å². The summed E-state index contributed by atoms with van der Waals surface area (Å²) in [7, 11) is 0. The van der Waals surface area contributed by atoms with E-state index in [0.717, 1.165) is 18.7 Å². The molecule has 0 aliphatic carbocycles. The van der Waals surface area contributed by atoms with Crippen molar-refractivity contribution in [2.75, 3.05) is 0 Å². The van der Waals surface area contributed by atoms with Crippen LogP contribution >= 0.6 is 66.4 Å². The number of benzene rings is 1. The van der Waals surface area contributed by atoms with E-state index in [1.165, 1.54) is 0 Å². The van der Waals surface area contributed by atoms with E-state index in [0.29, 0.717) is 5.02 Å². The van der Waals surface area contributed by atoms with Crippen LogP contribution in [-0.2, 0) is 0 Å². The van der Waals surface area contributed by atoms with E-state index in [4.69, 9.17) is 23.2 Å². The quantitative estimate of drug-likeness (QED) is 0.522. The first-order chi connectivity index (χ1) is 7.59. The predicted octanol–water partition coefficient (Wildman–Crippen LogP) is 6.25. The lowest BCUT2D eigenvalue weighted by Gasteiger charge is -2.09. The Bertz CT molecular complexity index is 491. The van der Waals surface area contributed by atoms with Crippen LogP contribution in [0.2, 0.25) is 5.02 Å². The molecule has 16 heavy (non-hydrogen) atoms. The Balaban J connectivity index is 2.39. The Morgan fingerprint density at radius 1 is 1.19 bits per heavy atom. The molecular formula is C11H6Br2Cl2S. The number of alkyl halides is 1. The van der Waals surface area contributed by atoms with Crippen LogP contribution in [0.3, 0.4) is 0 Å². The molecule has 0 saturated carbocycles. The Morgan fingerprint density at radius 2 is 1.88 bits per heavy atom. The van der Waals surface area contributed by atoms with Crippen LogP contribution in [0.5, 0.6) is 0 Å². The van der Waals surface area contributed by atoms with Crippen molar-refractivity contribution in [3.05, 3.63) is 54.1 Å². The van der Waals surface area contributed by atoms with Crippen LogP contribution in [0, 0.1) is 0 Å². The van der Waals surface area contributed by atoms with Crippen molar-refractivity contribution in [3.63, 3.8) is 0 Å². The minimum Gasteiger partial charge on any atom is -0.130 e. The maximum Gasteiger partial charge on any atom is 0.0942 e. The molecule has 0 bridgehead atoms. The molecule has 0 spiro atoms. The van der Waals surface area contributed by atoms with Crippen LogP contribution in [0.25, 0.3) is 0 Å². The summed E-state index contributed by atoms with van der Waals surface area (Å²) in [5, 5.41) is 0.490. The number of hydrogen-bond acceptors (Lipinski definition) is 1. The maximum absolute atomic E-state index is 6.41. The predicted molar refractivity (Wildman–Crippen MR) is 78.9 cm³/mol. The van der Waals surface area contributed by atoms with Crippen molar-refractivity contribution < 1.29 is 0 Å². The van der Waals surface area contributed by atoms with Crippen molar-refractivity contribution in [3.8, 4) is 0 Å². The van der Waals surface area contributed by atoms with Crippen LogP contribution in [0.1, 0.15) is 15.8 Å². The third-order valence-corrected chi connectivity index (χ3v) is 6.36. The van der Waals surface area contributed by atoms with E-state index in [1.54, 1.807) is 11.3 Å². The van der Waals surface area contributed by atoms with Gasteiger partial charge in [0.1, 0.15) is 0 Å². The molecule has 0 N–H and O–H groups in total. The summed E-state index contributed by atoms with van der Waals surface area (Å²) in [6, 6.07) is 9.64. The summed E-state index contributed by atoms with van der Waals surface area (Å²) in [6.07, 6.45) is 0. The number of hydrogen-bond donors (Lipinski definition) is 0. The standard InChI is InChI=1S/C11H6Br2Cl2S/c12-7-5-9(16-11(7)13)10(15)6-3-1-2-4-8(6)14/h1-5,10H. The third kappa shape index (κ3) is 2.65. The minimum absolute atomic E-state index is 0.207. The summed E-state index contributed by atoms with van der Waals surface area (Å²) in [6.45, 7) is 0. The van der Waals surface area contributed by atoms with Crippen LogP contribution < -0.4 is 0 Å². The van der Waals surface area contributed by atoms with E-state index in [-0.39, 0.29) is 5.38 Å². The summed E-state index contributed by atoms with van der Waals surface area (Å²) in [5.74, 6) is 0. The first-order valence-electron chi connectivity index (χ1n) is 4.43. The fourth-order valence-electron chi connectivity index (χ4n) is 1.32. The Hall–Kier alpha value is 0.460. The van der Waals surface area contributed by atoms with Crippen LogP contribution in [0.4, 0.5) is 0 Å². The molecule has 0 radical (unpaired) electrons. The zero-order valence-corrected chi connectivity index (χ0v) is 13.4. The molecule has 0 amide bonds. The van der Waals surface area contributed by atoms with Gasteiger partial charge >= 0.3 is 0 Å². The van der Waals surface area contributed by atoms with Gasteiger partial charge in [-0.15, -0.1) is 22.9 Å². The lowest BCUT2D eigenvalue weighted by atomic mass is 10.1. The van der Waals surface area contributed by atoms with Crippen molar-refractivity contribution in [1.82, 2.24) is 0 Å². The van der Waals surface area contributed by atoms with Gasteiger partial charge in [-0.25, -0.2) is 0 Å². The highest BCUT2D eigenvalue weighted by Crippen LogP contribution is 2.41. The molecule has 0 aliphatic heterocycles. The molecule has 0 aliphatic rings. The molecule has 1 atom stereocenters. The summed E-state index contributed by atoms with van der Waals surface area (Å²) in [4.78, 5) is 1.06. The fraction of sp³-hybridized carbons (Fsp3) is 0.0909. The largest absolute Gasteiger partial charge is 0.130 e. The molecular weight excluding hydrogens is 395 g/mol. The molecule has 1 aromatic carbocycles. The number of thiophene rings is 1. The molecule has 1 heterocycles. The van der Waals surface area contributed by atoms with E-state index in [9.17, 15) is 0 Å².